The number of rotatable bonds is 11. The van der Waals surface area contributed by atoms with Crippen LogP contribution in [0, 0.1) is 12.8 Å². The van der Waals surface area contributed by atoms with Gasteiger partial charge in [0.2, 0.25) is 5.75 Å². The van der Waals surface area contributed by atoms with Crippen molar-refractivity contribution in [3.8, 4) is 17.2 Å². The van der Waals surface area contributed by atoms with Crippen LogP contribution >= 0.6 is 0 Å². The lowest BCUT2D eigenvalue weighted by atomic mass is 9.89. The Balaban J connectivity index is 1.29. The smallest absolute Gasteiger partial charge is 0.203 e. The second-order valence-electron chi connectivity index (χ2n) is 12.8. The van der Waals surface area contributed by atoms with E-state index in [0.717, 1.165) is 52.2 Å². The number of aliphatic imine (C=N–C) groups is 1. The first-order valence-electron chi connectivity index (χ1n) is 17.1. The van der Waals surface area contributed by atoms with Gasteiger partial charge in [0.15, 0.2) is 17.3 Å². The molecule has 2 heterocycles. The van der Waals surface area contributed by atoms with Gasteiger partial charge in [0.05, 0.1) is 26.8 Å². The van der Waals surface area contributed by atoms with E-state index in [2.05, 4.69) is 72.2 Å². The molecule has 1 aliphatic heterocycles. The second kappa shape index (κ2) is 15.5. The maximum Gasteiger partial charge on any atom is 0.203 e. The van der Waals surface area contributed by atoms with Gasteiger partial charge in [0.1, 0.15) is 5.69 Å². The Labute approximate surface area is 279 Å². The highest BCUT2D eigenvalue weighted by atomic mass is 16.5. The van der Waals surface area contributed by atoms with Crippen LogP contribution in [0.4, 0.5) is 17.2 Å². The maximum atomic E-state index is 5.54. The molecule has 0 radical (unpaired) electrons. The third-order valence-electron chi connectivity index (χ3n) is 9.48. The van der Waals surface area contributed by atoms with E-state index in [0.29, 0.717) is 29.2 Å². The van der Waals surface area contributed by atoms with E-state index in [-0.39, 0.29) is 0 Å². The summed E-state index contributed by atoms with van der Waals surface area (Å²) in [5.74, 6) is 3.19. The number of ether oxygens (including phenoxy) is 3. The van der Waals surface area contributed by atoms with E-state index in [1.54, 1.807) is 21.3 Å². The van der Waals surface area contributed by atoms with Gasteiger partial charge in [-0.25, -0.2) is 4.98 Å². The fraction of sp³-hybridized carbons (Fsp3) is 0.400. The molecule has 3 aromatic carbocycles. The lowest BCUT2D eigenvalue weighted by molar-refractivity contribution is 0.324. The van der Waals surface area contributed by atoms with Crippen molar-refractivity contribution in [3.05, 3.63) is 77.4 Å². The summed E-state index contributed by atoms with van der Waals surface area (Å²) in [6.07, 6.45) is 15.6. The van der Waals surface area contributed by atoms with Crippen molar-refractivity contribution in [1.29, 1.82) is 0 Å². The predicted molar refractivity (Wildman–Crippen MR) is 195 cm³/mol. The van der Waals surface area contributed by atoms with Crippen molar-refractivity contribution in [2.45, 2.75) is 70.8 Å². The summed E-state index contributed by atoms with van der Waals surface area (Å²) in [5, 5.41) is 8.34. The van der Waals surface area contributed by atoms with E-state index >= 15 is 0 Å². The van der Waals surface area contributed by atoms with Crippen molar-refractivity contribution < 1.29 is 14.2 Å². The SMILES string of the molecule is COc1cc(/C=C/c2ccc(Nc3nc4ccccc4c(C)c3N=C(CC3CN3)C3CCCCCCCC3)cc2)cc(OC)c1OC. The van der Waals surface area contributed by atoms with Crippen molar-refractivity contribution in [2.75, 3.05) is 33.2 Å². The minimum absolute atomic E-state index is 0.533. The fourth-order valence-electron chi connectivity index (χ4n) is 6.69. The van der Waals surface area contributed by atoms with E-state index in [1.807, 2.05) is 18.2 Å². The minimum Gasteiger partial charge on any atom is -0.493 e. The van der Waals surface area contributed by atoms with Crippen LogP contribution in [0.1, 0.15) is 74.5 Å². The number of nitrogens with zero attached hydrogens (tertiary/aromatic N) is 2. The van der Waals surface area contributed by atoms with Crippen molar-refractivity contribution in [3.63, 3.8) is 0 Å². The van der Waals surface area contributed by atoms with Crippen LogP contribution in [0.5, 0.6) is 17.2 Å². The molecule has 2 N–H and O–H groups in total. The Kier molecular flexibility index (Phi) is 10.7. The Morgan fingerprint density at radius 2 is 1.49 bits per heavy atom. The average Bonchev–Trinajstić information content (AvgIpc) is 3.90. The molecule has 7 heteroatoms. The van der Waals surface area contributed by atoms with Crippen LogP contribution in [-0.4, -0.2) is 44.6 Å². The molecule has 1 unspecified atom stereocenters. The summed E-state index contributed by atoms with van der Waals surface area (Å²) in [6.45, 7) is 3.29. The number of benzene rings is 3. The number of aromatic nitrogens is 1. The van der Waals surface area contributed by atoms with E-state index in [4.69, 9.17) is 24.2 Å². The fourth-order valence-corrected chi connectivity index (χ4v) is 6.69. The van der Waals surface area contributed by atoms with Crippen molar-refractivity contribution in [1.82, 2.24) is 10.3 Å². The summed E-state index contributed by atoms with van der Waals surface area (Å²) in [5.41, 5.74) is 7.46. The Bertz CT molecular complexity index is 1690. The van der Waals surface area contributed by atoms with Crippen molar-refractivity contribution in [2.24, 2.45) is 10.9 Å². The topological polar surface area (TPSA) is 86.9 Å². The Morgan fingerprint density at radius 3 is 2.13 bits per heavy atom. The highest BCUT2D eigenvalue weighted by molar-refractivity contribution is 5.96. The first-order chi connectivity index (χ1) is 23.1. The highest BCUT2D eigenvalue weighted by Crippen LogP contribution is 2.39. The van der Waals surface area contributed by atoms with Gasteiger partial charge in [-0.15, -0.1) is 0 Å². The molecular formula is C40H48N4O3. The number of hydrogen-bond donors (Lipinski definition) is 2. The van der Waals surface area contributed by atoms with Gasteiger partial charge >= 0.3 is 0 Å². The molecule has 1 aliphatic carbocycles. The van der Waals surface area contributed by atoms with Crippen molar-refractivity contribution >= 4 is 46.0 Å². The van der Waals surface area contributed by atoms with Gasteiger partial charge in [0.25, 0.3) is 0 Å². The number of para-hydroxylation sites is 1. The molecule has 0 spiro atoms. The molecule has 1 aromatic heterocycles. The van der Waals surface area contributed by atoms with Gasteiger partial charge in [-0.1, -0.05) is 81.0 Å². The molecule has 7 nitrogen and oxygen atoms in total. The second-order valence-corrected chi connectivity index (χ2v) is 12.8. The lowest BCUT2D eigenvalue weighted by Crippen LogP contribution is -2.18. The molecule has 2 fully saturated rings. The molecule has 246 valence electrons. The predicted octanol–water partition coefficient (Wildman–Crippen LogP) is 9.67. The van der Waals surface area contributed by atoms with Gasteiger partial charge in [0, 0.05) is 35.8 Å². The molecule has 1 saturated carbocycles. The third-order valence-corrected chi connectivity index (χ3v) is 9.48. The largest absolute Gasteiger partial charge is 0.493 e. The number of pyridine rings is 1. The van der Waals surface area contributed by atoms with Gasteiger partial charge in [-0.3, -0.25) is 4.99 Å². The van der Waals surface area contributed by atoms with Crippen LogP contribution in [0.3, 0.4) is 0 Å². The molecule has 1 saturated heterocycles. The number of nitrogens with one attached hydrogen (secondary N) is 2. The zero-order chi connectivity index (χ0) is 32.6. The third kappa shape index (κ3) is 8.14. The highest BCUT2D eigenvalue weighted by Gasteiger charge is 2.27. The van der Waals surface area contributed by atoms with Gasteiger partial charge < -0.3 is 24.8 Å². The standard InChI is InChI=1S/C40H48N4O3/c1-27-33-15-11-12-16-34(33)44-40(38(27)43-35(25-32-26-41-32)30-13-9-7-5-6-8-10-14-30)42-31-21-19-28(20-22-31)17-18-29-23-36(45-2)39(47-4)37(24-29)46-3/h11-12,15-24,30,32,41H,5-10,13-14,25-26H2,1-4H3,(H,42,44)/b18-17+,43-35?. The number of methoxy groups -OCH3 is 3. The van der Waals surface area contributed by atoms with Crippen LogP contribution in [0.2, 0.25) is 0 Å². The molecule has 1 atom stereocenters. The molecule has 0 amide bonds. The van der Waals surface area contributed by atoms with E-state index in [1.165, 1.54) is 62.6 Å². The summed E-state index contributed by atoms with van der Waals surface area (Å²) < 4.78 is 16.5. The quantitative estimate of drug-likeness (QED) is 0.0973. The minimum atomic E-state index is 0.533. The number of fused-ring (bicyclic) bond motifs is 1. The number of hydrogen-bond acceptors (Lipinski definition) is 7. The van der Waals surface area contributed by atoms with E-state index in [9.17, 15) is 0 Å². The molecular weight excluding hydrogens is 584 g/mol. The summed E-state index contributed by atoms with van der Waals surface area (Å²) in [7, 11) is 4.87. The number of anilines is 2. The molecule has 47 heavy (non-hydrogen) atoms. The zero-order valence-electron chi connectivity index (χ0n) is 28.3. The van der Waals surface area contributed by atoms with Crippen LogP contribution in [-0.2, 0) is 0 Å². The van der Waals surface area contributed by atoms with Gasteiger partial charge in [-0.05, 0) is 72.7 Å². The van der Waals surface area contributed by atoms with E-state index < -0.39 is 0 Å². The van der Waals surface area contributed by atoms with Crippen LogP contribution in [0.25, 0.3) is 23.1 Å². The Morgan fingerprint density at radius 1 is 0.851 bits per heavy atom. The normalized spacial score (nSPS) is 17.6. The molecule has 0 bridgehead atoms. The van der Waals surface area contributed by atoms with Crippen LogP contribution in [0.15, 0.2) is 65.7 Å². The lowest BCUT2D eigenvalue weighted by Gasteiger charge is -2.21. The van der Waals surface area contributed by atoms with Gasteiger partial charge in [-0.2, -0.15) is 0 Å². The first-order valence-corrected chi connectivity index (χ1v) is 17.1. The molecule has 6 rings (SSSR count). The summed E-state index contributed by atoms with van der Waals surface area (Å²) in [6, 6.07) is 21.2. The summed E-state index contributed by atoms with van der Waals surface area (Å²) in [4.78, 5) is 10.7. The molecule has 2 aliphatic rings. The number of aryl methyl sites for hydroxylation is 1. The first kappa shape index (κ1) is 32.6. The maximum absolute atomic E-state index is 5.54. The Hall–Kier alpha value is -4.36. The molecule has 4 aromatic rings. The summed E-state index contributed by atoms with van der Waals surface area (Å²) >= 11 is 0. The zero-order valence-corrected chi connectivity index (χ0v) is 28.3. The average molecular weight is 633 g/mol. The monoisotopic (exact) mass is 632 g/mol. The van der Waals surface area contributed by atoms with Crippen LogP contribution < -0.4 is 24.8 Å².